The van der Waals surface area contributed by atoms with Crippen molar-refractivity contribution in [2.45, 2.75) is 121 Å². The van der Waals surface area contributed by atoms with Crippen LogP contribution in [0.1, 0.15) is 87.0 Å². The van der Waals surface area contributed by atoms with Gasteiger partial charge in [-0.15, -0.1) is 11.6 Å². The highest BCUT2D eigenvalue weighted by Gasteiger charge is 2.78. The highest BCUT2D eigenvalue weighted by molar-refractivity contribution is 6.28. The monoisotopic (exact) mass is 606 g/mol. The van der Waals surface area contributed by atoms with Crippen molar-refractivity contribution in [2.24, 2.45) is 28.6 Å². The molecular formula is C32H43ClO9. The second-order valence-electron chi connectivity index (χ2n) is 14.0. The number of halogens is 1. The largest absolute Gasteiger partial charge is 0.461 e. The van der Waals surface area contributed by atoms with E-state index in [0.717, 1.165) is 5.57 Å². The third kappa shape index (κ3) is 4.02. The molecule has 0 saturated heterocycles. The summed E-state index contributed by atoms with van der Waals surface area (Å²) in [6, 6.07) is 0. The number of carbonyl (C=O) groups is 4. The van der Waals surface area contributed by atoms with Crippen molar-refractivity contribution >= 4 is 35.3 Å². The molecule has 0 radical (unpaired) electrons. The van der Waals surface area contributed by atoms with Gasteiger partial charge in [0.1, 0.15) is 29.5 Å². The summed E-state index contributed by atoms with van der Waals surface area (Å²) in [4.78, 5) is 49.9. The maximum absolute atomic E-state index is 13.7. The van der Waals surface area contributed by atoms with E-state index < -0.39 is 80.9 Å². The number of aliphatic hydroxyl groups is 2. The molecule has 1 aliphatic heterocycles. The lowest BCUT2D eigenvalue weighted by Gasteiger charge is -2.66. The molecule has 11 atom stereocenters. The standard InChI is InChI=1S/C32H43ClO9/c1-16-13-24(42-27(37)17(16)2)30(7,38)22-15-26(41-19(4)35)32(39)21-14-25(40-18(3)34)31(33)11-8-9-23(36)29(31,6)20(21)10-12-28(22,32)5/h8-9,20-22,24-26,38-39H,10-15H2,1-7H3/t20-,21+,22-,24+,25+,26-,28+,29-,30+,31-,32+/m0/s1. The summed E-state index contributed by atoms with van der Waals surface area (Å²) in [7, 11) is 0. The van der Waals surface area contributed by atoms with Crippen molar-refractivity contribution in [3.8, 4) is 0 Å². The lowest BCUT2D eigenvalue weighted by Crippen LogP contribution is -2.73. The number of fused-ring (bicyclic) bond motifs is 5. The van der Waals surface area contributed by atoms with Crippen molar-refractivity contribution < 1.29 is 43.6 Å². The maximum Gasteiger partial charge on any atom is 0.334 e. The molecule has 0 aromatic heterocycles. The van der Waals surface area contributed by atoms with Crippen LogP contribution in [-0.4, -0.2) is 68.3 Å². The molecule has 0 aromatic rings. The van der Waals surface area contributed by atoms with Crippen molar-refractivity contribution in [1.29, 1.82) is 0 Å². The quantitative estimate of drug-likeness (QED) is 0.277. The highest BCUT2D eigenvalue weighted by Crippen LogP contribution is 2.72. The second kappa shape index (κ2) is 9.89. The average molecular weight is 607 g/mol. The van der Waals surface area contributed by atoms with Crippen LogP contribution in [0.5, 0.6) is 0 Å². The van der Waals surface area contributed by atoms with Crippen molar-refractivity contribution in [3.63, 3.8) is 0 Å². The SMILES string of the molecule is CC(=O)O[C@H]1C[C@H]([C@@](C)(O)[C@H]2CC(C)=C(C)C(=O)O2)[C@@]2(C)CC[C@H]3[C@@H](C[C@@H](OC(C)=O)[C@@]4(Cl)CC=CC(=O)[C@]34C)[C@@]12O. The zero-order valence-electron chi connectivity index (χ0n) is 25.5. The summed E-state index contributed by atoms with van der Waals surface area (Å²) in [6.07, 6.45) is 2.27. The summed E-state index contributed by atoms with van der Waals surface area (Å²) in [6.45, 7) is 11.4. The van der Waals surface area contributed by atoms with Gasteiger partial charge < -0.3 is 24.4 Å². The molecule has 10 heteroatoms. The minimum atomic E-state index is -1.71. The lowest BCUT2D eigenvalue weighted by molar-refractivity contribution is -0.255. The molecule has 3 fully saturated rings. The normalized spacial score (nSPS) is 46.1. The Morgan fingerprint density at radius 2 is 1.69 bits per heavy atom. The van der Waals surface area contributed by atoms with Crippen LogP contribution in [0.25, 0.3) is 0 Å². The van der Waals surface area contributed by atoms with E-state index in [2.05, 4.69) is 0 Å². The molecule has 5 rings (SSSR count). The number of ether oxygens (including phenoxy) is 3. The first-order valence-corrected chi connectivity index (χ1v) is 15.3. The first-order chi connectivity index (χ1) is 19.4. The van der Waals surface area contributed by atoms with Crippen LogP contribution in [0.15, 0.2) is 23.3 Å². The van der Waals surface area contributed by atoms with Gasteiger partial charge in [-0.3, -0.25) is 14.4 Å². The predicted octanol–water partition coefficient (Wildman–Crippen LogP) is 3.95. The van der Waals surface area contributed by atoms with Crippen LogP contribution in [0.4, 0.5) is 0 Å². The molecule has 0 spiro atoms. The number of esters is 3. The molecule has 3 saturated carbocycles. The van der Waals surface area contributed by atoms with Gasteiger partial charge >= 0.3 is 17.9 Å². The first-order valence-electron chi connectivity index (χ1n) is 14.9. The molecule has 0 unspecified atom stereocenters. The van der Waals surface area contributed by atoms with Crippen LogP contribution in [-0.2, 0) is 33.4 Å². The van der Waals surface area contributed by atoms with Gasteiger partial charge in [0.05, 0.1) is 10.3 Å². The molecule has 2 N–H and O–H groups in total. The van der Waals surface area contributed by atoms with Crippen molar-refractivity contribution in [1.82, 2.24) is 0 Å². The minimum absolute atomic E-state index is 0.118. The summed E-state index contributed by atoms with van der Waals surface area (Å²) in [5.74, 6) is -3.53. The Morgan fingerprint density at radius 1 is 1.07 bits per heavy atom. The van der Waals surface area contributed by atoms with Gasteiger partial charge in [0.25, 0.3) is 0 Å². The van der Waals surface area contributed by atoms with Crippen molar-refractivity contribution in [3.05, 3.63) is 23.3 Å². The fraction of sp³-hybridized carbons (Fsp3) is 0.750. The van der Waals surface area contributed by atoms with Gasteiger partial charge in [-0.25, -0.2) is 4.79 Å². The Morgan fingerprint density at radius 3 is 2.29 bits per heavy atom. The van der Waals surface area contributed by atoms with E-state index in [0.29, 0.717) is 31.3 Å². The molecule has 0 amide bonds. The molecule has 9 nitrogen and oxygen atoms in total. The molecule has 1 heterocycles. The summed E-state index contributed by atoms with van der Waals surface area (Å²) >= 11 is 7.32. The van der Waals surface area contributed by atoms with E-state index in [9.17, 15) is 29.4 Å². The number of carbonyl (C=O) groups excluding carboxylic acids is 4. The predicted molar refractivity (Wildman–Crippen MR) is 152 cm³/mol. The van der Waals surface area contributed by atoms with Gasteiger partial charge in [0, 0.05) is 37.2 Å². The summed E-state index contributed by atoms with van der Waals surface area (Å²) in [5, 5.41) is 25.3. The number of allylic oxidation sites excluding steroid dienone is 2. The first kappa shape index (κ1) is 31.2. The fourth-order valence-electron chi connectivity index (χ4n) is 9.62. The third-order valence-corrected chi connectivity index (χ3v) is 12.9. The number of ketones is 1. The van der Waals surface area contributed by atoms with Gasteiger partial charge in [-0.2, -0.15) is 0 Å². The lowest BCUT2D eigenvalue weighted by atomic mass is 9.42. The van der Waals surface area contributed by atoms with Crippen LogP contribution in [0.3, 0.4) is 0 Å². The summed E-state index contributed by atoms with van der Waals surface area (Å²) < 4.78 is 17.4. The van der Waals surface area contributed by atoms with E-state index >= 15 is 0 Å². The zero-order valence-corrected chi connectivity index (χ0v) is 26.2. The molecule has 232 valence electrons. The molecule has 0 aromatic carbocycles. The van der Waals surface area contributed by atoms with Gasteiger partial charge in [0.15, 0.2) is 5.78 Å². The van der Waals surface area contributed by atoms with Crippen LogP contribution in [0, 0.1) is 28.6 Å². The van der Waals surface area contributed by atoms with Crippen LogP contribution >= 0.6 is 11.6 Å². The molecule has 5 aliphatic rings. The Labute approximate surface area is 252 Å². The Bertz CT molecular complexity index is 1290. The fourth-order valence-corrected chi connectivity index (χ4v) is 10.1. The Hall–Kier alpha value is -2.23. The van der Waals surface area contributed by atoms with E-state index in [1.165, 1.54) is 19.9 Å². The van der Waals surface area contributed by atoms with Gasteiger partial charge in [-0.1, -0.05) is 25.5 Å². The maximum atomic E-state index is 13.7. The Balaban J connectivity index is 1.63. The van der Waals surface area contributed by atoms with Crippen molar-refractivity contribution in [2.75, 3.05) is 0 Å². The third-order valence-electron chi connectivity index (χ3n) is 12.1. The highest BCUT2D eigenvalue weighted by atomic mass is 35.5. The number of hydrogen-bond acceptors (Lipinski definition) is 9. The Kier molecular flexibility index (Phi) is 7.35. The number of rotatable bonds is 4. The van der Waals surface area contributed by atoms with Crippen LogP contribution in [0.2, 0.25) is 0 Å². The molecular weight excluding hydrogens is 564 g/mol. The summed E-state index contributed by atoms with van der Waals surface area (Å²) in [5.41, 5.74) is -4.17. The number of hydrogen-bond donors (Lipinski definition) is 2. The molecule has 0 bridgehead atoms. The average Bonchev–Trinajstić information content (AvgIpc) is 3.12. The number of alkyl halides is 1. The molecule has 4 aliphatic carbocycles. The second-order valence-corrected chi connectivity index (χ2v) is 14.7. The minimum Gasteiger partial charge on any atom is -0.461 e. The van der Waals surface area contributed by atoms with E-state index in [4.69, 9.17) is 25.8 Å². The van der Waals surface area contributed by atoms with E-state index in [1.54, 1.807) is 26.8 Å². The van der Waals surface area contributed by atoms with Gasteiger partial charge in [0.2, 0.25) is 0 Å². The van der Waals surface area contributed by atoms with E-state index in [-0.39, 0.29) is 18.6 Å². The molecule has 42 heavy (non-hydrogen) atoms. The van der Waals surface area contributed by atoms with Crippen LogP contribution < -0.4 is 0 Å². The number of cyclic esters (lactones) is 1. The zero-order chi connectivity index (χ0) is 31.2. The van der Waals surface area contributed by atoms with E-state index in [1.807, 2.05) is 13.8 Å². The topological polar surface area (TPSA) is 136 Å². The van der Waals surface area contributed by atoms with Gasteiger partial charge in [-0.05, 0) is 70.8 Å². The smallest absolute Gasteiger partial charge is 0.334 e.